The summed E-state index contributed by atoms with van der Waals surface area (Å²) in [6.45, 7) is 5.29. The van der Waals surface area contributed by atoms with Gasteiger partial charge in [0.25, 0.3) is 0 Å². The second kappa shape index (κ2) is 5.32. The van der Waals surface area contributed by atoms with Crippen molar-refractivity contribution in [2.75, 3.05) is 0 Å². The SMILES string of the molecule is CC(C)(C)OC(=O)NC(C=O)c1cnn2ccccc12. The molecule has 2 aromatic rings. The van der Waals surface area contributed by atoms with Gasteiger partial charge in [0, 0.05) is 11.8 Å². The van der Waals surface area contributed by atoms with Crippen LogP contribution in [0, 0.1) is 0 Å². The predicted molar refractivity (Wildman–Crippen MR) is 73.4 cm³/mol. The molecule has 0 radical (unpaired) electrons. The molecule has 0 aliphatic carbocycles. The first-order valence-electron chi connectivity index (χ1n) is 6.28. The average Bonchev–Trinajstić information content (AvgIpc) is 2.77. The lowest BCUT2D eigenvalue weighted by Crippen LogP contribution is -2.35. The van der Waals surface area contributed by atoms with Gasteiger partial charge in [0.05, 0.1) is 11.7 Å². The average molecular weight is 275 g/mol. The van der Waals surface area contributed by atoms with Crippen LogP contribution >= 0.6 is 0 Å². The Kier molecular flexibility index (Phi) is 3.74. The smallest absolute Gasteiger partial charge is 0.408 e. The molecule has 2 rings (SSSR count). The Balaban J connectivity index is 2.20. The van der Waals surface area contributed by atoms with Crippen LogP contribution in [0.1, 0.15) is 32.4 Å². The Morgan fingerprint density at radius 2 is 2.20 bits per heavy atom. The highest BCUT2D eigenvalue weighted by atomic mass is 16.6. The van der Waals surface area contributed by atoms with Gasteiger partial charge in [-0.05, 0) is 32.9 Å². The molecule has 2 aromatic heterocycles. The highest BCUT2D eigenvalue weighted by molar-refractivity contribution is 5.77. The first-order chi connectivity index (χ1) is 9.40. The van der Waals surface area contributed by atoms with Crippen molar-refractivity contribution in [2.45, 2.75) is 32.4 Å². The Bertz CT molecular complexity index is 628. The van der Waals surface area contributed by atoms with Gasteiger partial charge in [-0.25, -0.2) is 9.31 Å². The molecule has 0 aliphatic heterocycles. The minimum atomic E-state index is -0.787. The van der Waals surface area contributed by atoms with Crippen molar-refractivity contribution in [3.05, 3.63) is 36.2 Å². The van der Waals surface area contributed by atoms with Crippen LogP contribution in [0.5, 0.6) is 0 Å². The van der Waals surface area contributed by atoms with E-state index in [1.165, 1.54) is 0 Å². The van der Waals surface area contributed by atoms with Crippen LogP contribution in [0.25, 0.3) is 5.52 Å². The fraction of sp³-hybridized carbons (Fsp3) is 0.357. The normalized spacial score (nSPS) is 12.9. The van der Waals surface area contributed by atoms with Crippen molar-refractivity contribution in [3.8, 4) is 0 Å². The van der Waals surface area contributed by atoms with Crippen LogP contribution in [0.3, 0.4) is 0 Å². The number of hydrogen-bond donors (Lipinski definition) is 1. The van der Waals surface area contributed by atoms with Gasteiger partial charge in [-0.2, -0.15) is 5.10 Å². The largest absolute Gasteiger partial charge is 0.444 e. The molecule has 6 heteroatoms. The number of aldehydes is 1. The van der Waals surface area contributed by atoms with Crippen LogP contribution in [-0.2, 0) is 9.53 Å². The fourth-order valence-corrected chi connectivity index (χ4v) is 1.81. The quantitative estimate of drug-likeness (QED) is 0.871. The van der Waals surface area contributed by atoms with E-state index in [1.54, 1.807) is 37.7 Å². The van der Waals surface area contributed by atoms with Gasteiger partial charge in [0.1, 0.15) is 17.9 Å². The highest BCUT2D eigenvalue weighted by Crippen LogP contribution is 2.18. The zero-order valence-corrected chi connectivity index (χ0v) is 11.7. The van der Waals surface area contributed by atoms with Gasteiger partial charge in [0.2, 0.25) is 0 Å². The van der Waals surface area contributed by atoms with E-state index in [4.69, 9.17) is 4.74 Å². The van der Waals surface area contributed by atoms with Gasteiger partial charge < -0.3 is 14.8 Å². The Hall–Kier alpha value is -2.37. The lowest BCUT2D eigenvalue weighted by molar-refractivity contribution is -0.109. The van der Waals surface area contributed by atoms with Gasteiger partial charge in [-0.15, -0.1) is 0 Å². The Morgan fingerprint density at radius 1 is 1.45 bits per heavy atom. The van der Waals surface area contributed by atoms with Gasteiger partial charge >= 0.3 is 6.09 Å². The number of aromatic nitrogens is 2. The van der Waals surface area contributed by atoms with Crippen molar-refractivity contribution in [1.29, 1.82) is 0 Å². The molecule has 0 saturated heterocycles. The summed E-state index contributed by atoms with van der Waals surface area (Å²) in [5.74, 6) is 0. The lowest BCUT2D eigenvalue weighted by Gasteiger charge is -2.21. The summed E-state index contributed by atoms with van der Waals surface area (Å²) in [6.07, 6.45) is 3.36. The van der Waals surface area contributed by atoms with Gasteiger partial charge in [0.15, 0.2) is 0 Å². The van der Waals surface area contributed by atoms with Crippen molar-refractivity contribution in [1.82, 2.24) is 14.9 Å². The third-order valence-electron chi connectivity index (χ3n) is 2.60. The number of alkyl carbamates (subject to hydrolysis) is 1. The number of ether oxygens (including phenoxy) is 1. The molecular weight excluding hydrogens is 258 g/mol. The Morgan fingerprint density at radius 3 is 2.85 bits per heavy atom. The van der Waals surface area contributed by atoms with Crippen molar-refractivity contribution in [2.24, 2.45) is 0 Å². The number of carbonyl (C=O) groups is 2. The molecule has 2 heterocycles. The summed E-state index contributed by atoms with van der Waals surface area (Å²) in [4.78, 5) is 23.0. The second-order valence-electron chi connectivity index (χ2n) is 5.39. The van der Waals surface area contributed by atoms with Crippen molar-refractivity contribution < 1.29 is 14.3 Å². The van der Waals surface area contributed by atoms with E-state index in [-0.39, 0.29) is 0 Å². The predicted octanol–water partition coefficient (Wildman–Crippen LogP) is 2.10. The molecule has 0 saturated carbocycles. The molecule has 20 heavy (non-hydrogen) atoms. The van der Waals surface area contributed by atoms with E-state index in [2.05, 4.69) is 10.4 Å². The summed E-state index contributed by atoms with van der Waals surface area (Å²) in [5, 5.41) is 6.67. The number of nitrogens with zero attached hydrogens (tertiary/aromatic N) is 2. The van der Waals surface area contributed by atoms with Gasteiger partial charge in [-0.1, -0.05) is 6.07 Å². The standard InChI is InChI=1S/C14H17N3O3/c1-14(2,3)20-13(19)16-11(9-18)10-8-15-17-7-5-4-6-12(10)17/h4-9,11H,1-3H3,(H,16,19). The molecule has 106 valence electrons. The summed E-state index contributed by atoms with van der Waals surface area (Å²) >= 11 is 0. The van der Waals surface area contributed by atoms with E-state index in [0.29, 0.717) is 11.8 Å². The van der Waals surface area contributed by atoms with Gasteiger partial charge in [-0.3, -0.25) is 0 Å². The second-order valence-corrected chi connectivity index (χ2v) is 5.39. The zero-order chi connectivity index (χ0) is 14.8. The summed E-state index contributed by atoms with van der Waals surface area (Å²) in [6, 6.07) is 4.72. The van der Waals surface area contributed by atoms with Crippen LogP contribution in [0.4, 0.5) is 4.79 Å². The summed E-state index contributed by atoms with van der Waals surface area (Å²) in [7, 11) is 0. The molecule has 0 fully saturated rings. The maximum Gasteiger partial charge on any atom is 0.408 e. The molecule has 1 N–H and O–H groups in total. The number of pyridine rings is 1. The third kappa shape index (κ3) is 3.14. The number of carbonyl (C=O) groups excluding carboxylic acids is 2. The molecular formula is C14H17N3O3. The van der Waals surface area contributed by atoms with E-state index >= 15 is 0 Å². The zero-order valence-electron chi connectivity index (χ0n) is 11.7. The van der Waals surface area contributed by atoms with Crippen LogP contribution < -0.4 is 5.32 Å². The number of amides is 1. The van der Waals surface area contributed by atoms with Crippen LogP contribution in [0.15, 0.2) is 30.6 Å². The number of hydrogen-bond acceptors (Lipinski definition) is 4. The lowest BCUT2D eigenvalue weighted by atomic mass is 10.1. The molecule has 0 aromatic carbocycles. The third-order valence-corrected chi connectivity index (χ3v) is 2.60. The van der Waals surface area contributed by atoms with Crippen molar-refractivity contribution in [3.63, 3.8) is 0 Å². The van der Waals surface area contributed by atoms with Crippen LogP contribution in [-0.4, -0.2) is 27.6 Å². The molecule has 6 nitrogen and oxygen atoms in total. The van der Waals surface area contributed by atoms with E-state index in [1.807, 2.05) is 18.2 Å². The first-order valence-corrected chi connectivity index (χ1v) is 6.28. The molecule has 1 atom stereocenters. The van der Waals surface area contributed by atoms with Crippen molar-refractivity contribution >= 4 is 17.9 Å². The molecule has 1 unspecified atom stereocenters. The highest BCUT2D eigenvalue weighted by Gasteiger charge is 2.22. The molecule has 1 amide bonds. The maximum absolute atomic E-state index is 11.7. The Labute approximate surface area is 116 Å². The molecule has 0 bridgehead atoms. The minimum Gasteiger partial charge on any atom is -0.444 e. The van der Waals surface area contributed by atoms with Crippen LogP contribution in [0.2, 0.25) is 0 Å². The minimum absolute atomic E-state index is 0.612. The maximum atomic E-state index is 11.7. The topological polar surface area (TPSA) is 72.7 Å². The number of nitrogens with one attached hydrogen (secondary N) is 1. The summed E-state index contributed by atoms with van der Waals surface area (Å²) in [5.41, 5.74) is 0.783. The first kappa shape index (κ1) is 14.0. The molecule has 0 aliphatic rings. The fourth-order valence-electron chi connectivity index (χ4n) is 1.81. The molecule has 0 spiro atoms. The van der Waals surface area contributed by atoms with E-state index in [9.17, 15) is 9.59 Å². The summed E-state index contributed by atoms with van der Waals surface area (Å²) < 4.78 is 6.79. The van der Waals surface area contributed by atoms with E-state index < -0.39 is 17.7 Å². The number of fused-ring (bicyclic) bond motifs is 1. The number of rotatable bonds is 3. The van der Waals surface area contributed by atoms with E-state index in [0.717, 1.165) is 5.52 Å². The monoisotopic (exact) mass is 275 g/mol.